The predicted molar refractivity (Wildman–Crippen MR) is 104 cm³/mol. The molecule has 146 valence electrons. The number of rotatable bonds is 5. The number of hydrogen-bond donors (Lipinski definition) is 1. The van der Waals surface area contributed by atoms with Gasteiger partial charge in [0.2, 0.25) is 5.91 Å². The fourth-order valence-electron chi connectivity index (χ4n) is 3.09. The van der Waals surface area contributed by atoms with Gasteiger partial charge in [0.1, 0.15) is 10.3 Å². The van der Waals surface area contributed by atoms with Crippen molar-refractivity contribution < 1.29 is 21.6 Å². The van der Waals surface area contributed by atoms with Gasteiger partial charge in [-0.05, 0) is 36.4 Å². The van der Waals surface area contributed by atoms with Gasteiger partial charge in [0.25, 0.3) is 10.0 Å². The van der Waals surface area contributed by atoms with Crippen molar-refractivity contribution in [3.63, 3.8) is 0 Å². The molecule has 1 N–H and O–H groups in total. The number of benzene rings is 1. The highest BCUT2D eigenvalue weighted by molar-refractivity contribution is 7.91. The van der Waals surface area contributed by atoms with Crippen LogP contribution in [-0.4, -0.2) is 45.9 Å². The van der Waals surface area contributed by atoms with Crippen LogP contribution in [0.4, 0.5) is 5.69 Å². The lowest BCUT2D eigenvalue weighted by molar-refractivity contribution is -0.120. The summed E-state index contributed by atoms with van der Waals surface area (Å²) in [4.78, 5) is 12.9. The van der Waals surface area contributed by atoms with Gasteiger partial charge >= 0.3 is 0 Å². The van der Waals surface area contributed by atoms with Crippen LogP contribution in [0.25, 0.3) is 0 Å². The largest absolute Gasteiger partial charge is 0.324 e. The molecule has 1 aliphatic rings. The second-order valence-corrected chi connectivity index (χ2v) is 11.4. The first kappa shape index (κ1) is 20.0. The molecule has 1 amide bonds. The van der Waals surface area contributed by atoms with Crippen LogP contribution in [0.15, 0.2) is 50.9 Å². The Labute approximate surface area is 163 Å². The summed E-state index contributed by atoms with van der Waals surface area (Å²) in [5.41, 5.74) is 0.157. The van der Waals surface area contributed by atoms with Gasteiger partial charge in [0, 0.05) is 12.8 Å². The number of nitrogens with one attached hydrogen (secondary N) is 1. The third kappa shape index (κ3) is 4.23. The zero-order chi connectivity index (χ0) is 19.7. The van der Waals surface area contributed by atoms with E-state index in [0.717, 1.165) is 24.0 Å². The fourth-order valence-corrected chi connectivity index (χ4v) is 6.71. The molecule has 7 nitrogen and oxygen atoms in total. The molecule has 2 heterocycles. The average molecular weight is 429 g/mol. The van der Waals surface area contributed by atoms with Gasteiger partial charge in [-0.1, -0.05) is 24.6 Å². The minimum atomic E-state index is -3.77. The van der Waals surface area contributed by atoms with Crippen molar-refractivity contribution in [1.82, 2.24) is 4.31 Å². The summed E-state index contributed by atoms with van der Waals surface area (Å²) in [7, 11) is -7.30. The maximum absolute atomic E-state index is 12.9. The molecule has 1 fully saturated rings. The Morgan fingerprint density at radius 3 is 2.52 bits per heavy atom. The van der Waals surface area contributed by atoms with Crippen molar-refractivity contribution >= 4 is 42.8 Å². The van der Waals surface area contributed by atoms with E-state index in [-0.39, 0.29) is 21.3 Å². The number of sulfonamides is 1. The number of anilines is 1. The van der Waals surface area contributed by atoms with Crippen LogP contribution in [0.2, 0.25) is 0 Å². The molecule has 3 rings (SSSR count). The molecule has 1 atom stereocenters. The molecule has 1 saturated heterocycles. The van der Waals surface area contributed by atoms with E-state index in [1.54, 1.807) is 23.6 Å². The fraction of sp³-hybridized carbons (Fsp3) is 0.353. The molecule has 10 heteroatoms. The van der Waals surface area contributed by atoms with Crippen molar-refractivity contribution in [2.75, 3.05) is 18.1 Å². The second-order valence-electron chi connectivity index (χ2n) is 6.32. The molecule has 1 aromatic heterocycles. The van der Waals surface area contributed by atoms with Crippen molar-refractivity contribution in [3.8, 4) is 0 Å². The van der Waals surface area contributed by atoms with E-state index in [2.05, 4.69) is 5.32 Å². The first-order chi connectivity index (χ1) is 12.7. The Hall–Kier alpha value is -1.75. The molecule has 0 bridgehead atoms. The summed E-state index contributed by atoms with van der Waals surface area (Å²) in [6.45, 7) is 0.256. The van der Waals surface area contributed by atoms with Gasteiger partial charge in [-0.25, -0.2) is 16.8 Å². The number of piperidine rings is 1. The Morgan fingerprint density at radius 1 is 1.11 bits per heavy atom. The molecular formula is C17H20N2O5S3. The van der Waals surface area contributed by atoms with E-state index in [4.69, 9.17) is 0 Å². The first-order valence-electron chi connectivity index (χ1n) is 8.36. The van der Waals surface area contributed by atoms with Crippen LogP contribution < -0.4 is 5.32 Å². The van der Waals surface area contributed by atoms with E-state index >= 15 is 0 Å². The summed E-state index contributed by atoms with van der Waals surface area (Å²) < 4.78 is 51.1. The Bertz CT molecular complexity index is 1030. The zero-order valence-electron chi connectivity index (χ0n) is 14.7. The molecule has 0 unspecified atom stereocenters. The lowest BCUT2D eigenvalue weighted by Gasteiger charge is -2.33. The smallest absolute Gasteiger partial charge is 0.253 e. The van der Waals surface area contributed by atoms with Gasteiger partial charge in [0.05, 0.1) is 10.6 Å². The topological polar surface area (TPSA) is 101 Å². The number of thiophene rings is 1. The highest BCUT2D eigenvalue weighted by atomic mass is 32.2. The molecule has 0 radical (unpaired) electrons. The number of para-hydroxylation sites is 1. The Kier molecular flexibility index (Phi) is 5.71. The van der Waals surface area contributed by atoms with Gasteiger partial charge in [-0.2, -0.15) is 4.31 Å². The highest BCUT2D eigenvalue weighted by Gasteiger charge is 2.38. The van der Waals surface area contributed by atoms with Crippen LogP contribution in [0, 0.1) is 0 Å². The van der Waals surface area contributed by atoms with E-state index in [1.807, 2.05) is 0 Å². The van der Waals surface area contributed by atoms with Crippen LogP contribution in [0.3, 0.4) is 0 Å². The van der Waals surface area contributed by atoms with E-state index in [1.165, 1.54) is 22.5 Å². The lowest BCUT2D eigenvalue weighted by Crippen LogP contribution is -2.49. The maximum Gasteiger partial charge on any atom is 0.253 e. The van der Waals surface area contributed by atoms with E-state index in [9.17, 15) is 21.6 Å². The molecule has 0 spiro atoms. The number of carbonyl (C=O) groups excluding carboxylic acids is 1. The molecule has 27 heavy (non-hydrogen) atoms. The predicted octanol–water partition coefficient (Wildman–Crippen LogP) is 2.33. The van der Waals surface area contributed by atoms with Gasteiger partial charge in [-0.3, -0.25) is 4.79 Å². The van der Waals surface area contributed by atoms with Crippen LogP contribution in [-0.2, 0) is 24.7 Å². The zero-order valence-corrected chi connectivity index (χ0v) is 17.1. The number of sulfone groups is 1. The van der Waals surface area contributed by atoms with Crippen LogP contribution in [0.1, 0.15) is 19.3 Å². The molecule has 2 aromatic rings. The Balaban J connectivity index is 1.90. The van der Waals surface area contributed by atoms with E-state index in [0.29, 0.717) is 12.8 Å². The van der Waals surface area contributed by atoms with E-state index < -0.39 is 31.8 Å². The monoisotopic (exact) mass is 428 g/mol. The molecule has 1 aliphatic heterocycles. The second kappa shape index (κ2) is 7.70. The summed E-state index contributed by atoms with van der Waals surface area (Å²) in [6.07, 6.45) is 2.85. The third-order valence-electron chi connectivity index (χ3n) is 4.36. The lowest BCUT2D eigenvalue weighted by atomic mass is 10.0. The average Bonchev–Trinajstić information content (AvgIpc) is 3.17. The Morgan fingerprint density at radius 2 is 1.85 bits per heavy atom. The van der Waals surface area contributed by atoms with Crippen molar-refractivity contribution in [2.24, 2.45) is 0 Å². The number of amides is 1. The van der Waals surface area contributed by atoms with Crippen molar-refractivity contribution in [3.05, 3.63) is 41.8 Å². The maximum atomic E-state index is 12.9. The third-order valence-corrected chi connectivity index (χ3v) is 8.79. The van der Waals surface area contributed by atoms with Crippen molar-refractivity contribution in [2.45, 2.75) is 34.4 Å². The quantitative estimate of drug-likeness (QED) is 0.788. The molecule has 1 aromatic carbocycles. The van der Waals surface area contributed by atoms with Gasteiger partial charge < -0.3 is 5.32 Å². The standard InChI is InChI=1S/C17H20N2O5S3/c1-26(21,22)15-9-3-2-7-13(15)18-17(20)14-8-4-5-11-19(14)27(23,24)16-10-6-12-25-16/h2-3,6-7,9-10,12,14H,4-5,8,11H2,1H3,(H,18,20)/t14-/m1/s1. The summed E-state index contributed by atoms with van der Waals surface area (Å²) >= 11 is 1.11. The van der Waals surface area contributed by atoms with Crippen LogP contribution >= 0.6 is 11.3 Å². The van der Waals surface area contributed by atoms with Crippen LogP contribution in [0.5, 0.6) is 0 Å². The minimum Gasteiger partial charge on any atom is -0.324 e. The summed E-state index contributed by atoms with van der Waals surface area (Å²) in [5.74, 6) is -0.522. The molecule has 0 saturated carbocycles. The summed E-state index contributed by atoms with van der Waals surface area (Å²) in [5, 5.41) is 4.29. The first-order valence-corrected chi connectivity index (χ1v) is 12.6. The number of nitrogens with zero attached hydrogens (tertiary/aromatic N) is 1. The minimum absolute atomic E-state index is 0.00169. The summed E-state index contributed by atoms with van der Waals surface area (Å²) in [6, 6.07) is 8.38. The molecule has 0 aliphatic carbocycles. The number of hydrogen-bond acceptors (Lipinski definition) is 6. The number of carbonyl (C=O) groups is 1. The van der Waals surface area contributed by atoms with Gasteiger partial charge in [0.15, 0.2) is 9.84 Å². The SMILES string of the molecule is CS(=O)(=O)c1ccccc1NC(=O)[C@H]1CCCCN1S(=O)(=O)c1cccs1. The van der Waals surface area contributed by atoms with Gasteiger partial charge in [-0.15, -0.1) is 11.3 Å². The highest BCUT2D eigenvalue weighted by Crippen LogP contribution is 2.29. The molecular weight excluding hydrogens is 408 g/mol. The van der Waals surface area contributed by atoms with Crippen molar-refractivity contribution in [1.29, 1.82) is 0 Å². The normalized spacial score (nSPS) is 18.9.